The number of hydrogen-bond acceptors (Lipinski definition) is 2. The zero-order valence-corrected chi connectivity index (χ0v) is 10.9. The lowest BCUT2D eigenvalue weighted by molar-refractivity contribution is 0.0695. The van der Waals surface area contributed by atoms with Gasteiger partial charge >= 0.3 is 11.9 Å². The Morgan fingerprint density at radius 1 is 1.11 bits per heavy atom. The van der Waals surface area contributed by atoms with Crippen LogP contribution in [0.1, 0.15) is 52.0 Å². The van der Waals surface area contributed by atoms with Crippen LogP contribution in [0.2, 0.25) is 0 Å². The molecule has 0 amide bonds. The Balaban J connectivity index is 0.000000180. The van der Waals surface area contributed by atoms with Gasteiger partial charge in [0.25, 0.3) is 0 Å². The lowest BCUT2D eigenvalue weighted by Gasteiger charge is -2.01. The predicted octanol–water partition coefficient (Wildman–Crippen LogP) is 3.20. The maximum absolute atomic E-state index is 10.6. The molecule has 0 radical (unpaired) electrons. The molecule has 1 aromatic rings. The molecule has 0 aliphatic heterocycles. The Labute approximate surface area is 112 Å². The molecule has 2 N–H and O–H groups in total. The Kier molecular flexibility index (Phi) is 3.88. The van der Waals surface area contributed by atoms with Gasteiger partial charge in [0.05, 0.1) is 11.1 Å². The number of carboxylic acid groups (broad SMARTS) is 2. The molecule has 102 valence electrons. The topological polar surface area (TPSA) is 74.6 Å². The monoisotopic (exact) mass is 262 g/mol. The van der Waals surface area contributed by atoms with Crippen LogP contribution in [-0.2, 0) is 0 Å². The quantitative estimate of drug-likeness (QED) is 0.858. The van der Waals surface area contributed by atoms with Gasteiger partial charge in [0.15, 0.2) is 0 Å². The number of hydrogen-bond donors (Lipinski definition) is 2. The summed E-state index contributed by atoms with van der Waals surface area (Å²) in [6.45, 7) is 1.62. The first kappa shape index (κ1) is 13.6. The molecule has 2 fully saturated rings. The summed E-state index contributed by atoms with van der Waals surface area (Å²) in [7, 11) is 0. The molecule has 4 heteroatoms. The summed E-state index contributed by atoms with van der Waals surface area (Å²) in [6.07, 6.45) is 6.24. The van der Waals surface area contributed by atoms with Gasteiger partial charge in [-0.3, -0.25) is 0 Å². The molecule has 19 heavy (non-hydrogen) atoms. The Bertz CT molecular complexity index is 499. The number of carboxylic acids is 2. The highest BCUT2D eigenvalue weighted by Crippen LogP contribution is 2.51. The summed E-state index contributed by atoms with van der Waals surface area (Å²) in [4.78, 5) is 21.1. The van der Waals surface area contributed by atoms with E-state index in [0.717, 1.165) is 6.07 Å². The van der Waals surface area contributed by atoms with Crippen LogP contribution in [0, 0.1) is 18.8 Å². The molecule has 4 nitrogen and oxygen atoms in total. The number of fused-ring (bicyclic) bond motifs is 1. The van der Waals surface area contributed by atoms with Crippen LogP contribution in [0.5, 0.6) is 0 Å². The smallest absolute Gasteiger partial charge is 0.335 e. The highest BCUT2D eigenvalue weighted by atomic mass is 16.4. The van der Waals surface area contributed by atoms with Gasteiger partial charge in [0, 0.05) is 0 Å². The lowest BCUT2D eigenvalue weighted by Crippen LogP contribution is -2.03. The Hall–Kier alpha value is -1.84. The number of aromatic carboxylic acids is 2. The van der Waals surface area contributed by atoms with Crippen molar-refractivity contribution in [3.8, 4) is 0 Å². The molecule has 0 heterocycles. The van der Waals surface area contributed by atoms with E-state index < -0.39 is 11.9 Å². The average molecular weight is 262 g/mol. The third-order valence-electron chi connectivity index (χ3n) is 3.93. The van der Waals surface area contributed by atoms with E-state index in [-0.39, 0.29) is 11.1 Å². The molecule has 3 rings (SSSR count). The number of carbonyl (C=O) groups is 2. The van der Waals surface area contributed by atoms with E-state index in [2.05, 4.69) is 0 Å². The highest BCUT2D eigenvalue weighted by Gasteiger charge is 2.40. The average Bonchev–Trinajstić information content (AvgIpc) is 2.96. The van der Waals surface area contributed by atoms with Crippen molar-refractivity contribution in [1.29, 1.82) is 0 Å². The van der Waals surface area contributed by atoms with Crippen LogP contribution in [-0.4, -0.2) is 22.2 Å². The van der Waals surface area contributed by atoms with Gasteiger partial charge in [0.1, 0.15) is 0 Å². The Morgan fingerprint density at radius 3 is 2.11 bits per heavy atom. The third-order valence-corrected chi connectivity index (χ3v) is 3.93. The minimum Gasteiger partial charge on any atom is -0.478 e. The zero-order valence-electron chi connectivity index (χ0n) is 10.9. The lowest BCUT2D eigenvalue weighted by atomic mass is 10.1. The summed E-state index contributed by atoms with van der Waals surface area (Å²) >= 11 is 0. The molecule has 2 aliphatic carbocycles. The predicted molar refractivity (Wildman–Crippen MR) is 70.5 cm³/mol. The van der Waals surface area contributed by atoms with E-state index >= 15 is 0 Å². The minimum absolute atomic E-state index is 0.0111. The standard InChI is InChI=1S/C9H8O4.C6H10/c1-5-2-3-6(8(10)11)4-7(5)9(12)13;1-2-5-4-6(5)3-1/h2-4H,1H3,(H,10,11)(H,12,13);5-6H,1-4H2. The van der Waals surface area contributed by atoms with Crippen molar-refractivity contribution in [3.63, 3.8) is 0 Å². The van der Waals surface area contributed by atoms with Crippen LogP contribution in [0.15, 0.2) is 18.2 Å². The largest absolute Gasteiger partial charge is 0.478 e. The summed E-state index contributed by atoms with van der Waals surface area (Å²) in [6, 6.07) is 4.01. The fourth-order valence-corrected chi connectivity index (χ4v) is 2.65. The highest BCUT2D eigenvalue weighted by molar-refractivity contribution is 5.94. The maximum Gasteiger partial charge on any atom is 0.335 e. The summed E-state index contributed by atoms with van der Waals surface area (Å²) in [5.41, 5.74) is 0.570. The van der Waals surface area contributed by atoms with E-state index in [4.69, 9.17) is 10.2 Å². The normalized spacial score (nSPS) is 23.0. The fraction of sp³-hybridized carbons (Fsp3) is 0.467. The first-order chi connectivity index (χ1) is 8.99. The van der Waals surface area contributed by atoms with Crippen molar-refractivity contribution in [3.05, 3.63) is 34.9 Å². The van der Waals surface area contributed by atoms with E-state index in [9.17, 15) is 9.59 Å². The molecule has 2 saturated carbocycles. The van der Waals surface area contributed by atoms with Gasteiger partial charge in [0.2, 0.25) is 0 Å². The first-order valence-electron chi connectivity index (χ1n) is 6.56. The molecular formula is C15H18O4. The van der Waals surface area contributed by atoms with Gasteiger partial charge in [-0.05, 0) is 42.9 Å². The van der Waals surface area contributed by atoms with E-state index in [1.807, 2.05) is 0 Å². The number of rotatable bonds is 2. The molecular weight excluding hydrogens is 244 g/mol. The van der Waals surface area contributed by atoms with Gasteiger partial charge in [-0.2, -0.15) is 0 Å². The molecule has 0 bridgehead atoms. The van der Waals surface area contributed by atoms with E-state index in [1.54, 1.807) is 26.2 Å². The second kappa shape index (κ2) is 5.43. The molecule has 0 spiro atoms. The van der Waals surface area contributed by atoms with Crippen molar-refractivity contribution in [2.24, 2.45) is 11.8 Å². The third kappa shape index (κ3) is 3.34. The summed E-state index contributed by atoms with van der Waals surface area (Å²) in [5.74, 6) is 0.193. The molecule has 2 unspecified atom stereocenters. The number of aryl methyl sites for hydroxylation is 1. The first-order valence-corrected chi connectivity index (χ1v) is 6.56. The summed E-state index contributed by atoms with van der Waals surface area (Å²) in [5, 5.41) is 17.3. The van der Waals surface area contributed by atoms with Crippen LogP contribution in [0.3, 0.4) is 0 Å². The van der Waals surface area contributed by atoms with Crippen molar-refractivity contribution in [2.45, 2.75) is 32.6 Å². The van der Waals surface area contributed by atoms with E-state index in [1.165, 1.54) is 30.4 Å². The second-order valence-electron chi connectivity index (χ2n) is 5.33. The zero-order chi connectivity index (χ0) is 14.0. The van der Waals surface area contributed by atoms with Gasteiger partial charge < -0.3 is 10.2 Å². The van der Waals surface area contributed by atoms with Gasteiger partial charge in [-0.25, -0.2) is 9.59 Å². The maximum atomic E-state index is 10.6. The van der Waals surface area contributed by atoms with Crippen molar-refractivity contribution >= 4 is 11.9 Å². The SMILES string of the molecule is C1CC2CC2C1.Cc1ccc(C(=O)O)cc1C(=O)O. The van der Waals surface area contributed by atoms with Crippen LogP contribution in [0.4, 0.5) is 0 Å². The van der Waals surface area contributed by atoms with Crippen LogP contribution >= 0.6 is 0 Å². The van der Waals surface area contributed by atoms with Crippen LogP contribution in [0.25, 0.3) is 0 Å². The summed E-state index contributed by atoms with van der Waals surface area (Å²) < 4.78 is 0. The number of benzene rings is 1. The van der Waals surface area contributed by atoms with E-state index in [0.29, 0.717) is 5.56 Å². The van der Waals surface area contributed by atoms with Crippen molar-refractivity contribution < 1.29 is 19.8 Å². The minimum atomic E-state index is -1.12. The molecule has 1 aromatic carbocycles. The second-order valence-corrected chi connectivity index (χ2v) is 5.33. The molecule has 0 saturated heterocycles. The van der Waals surface area contributed by atoms with Crippen molar-refractivity contribution in [2.75, 3.05) is 0 Å². The van der Waals surface area contributed by atoms with Gasteiger partial charge in [-0.1, -0.05) is 25.3 Å². The molecule has 0 aromatic heterocycles. The Morgan fingerprint density at radius 2 is 1.74 bits per heavy atom. The fourth-order valence-electron chi connectivity index (χ4n) is 2.65. The van der Waals surface area contributed by atoms with Crippen molar-refractivity contribution in [1.82, 2.24) is 0 Å². The van der Waals surface area contributed by atoms with Gasteiger partial charge in [-0.15, -0.1) is 0 Å². The van der Waals surface area contributed by atoms with Crippen LogP contribution < -0.4 is 0 Å². The molecule has 2 aliphatic rings. The molecule has 2 atom stereocenters.